The first-order chi connectivity index (χ1) is 15.4. The lowest BCUT2D eigenvalue weighted by atomic mass is 10.1. The number of fused-ring (bicyclic) bond motifs is 1. The van der Waals surface area contributed by atoms with Crippen molar-refractivity contribution < 1.29 is 14.3 Å². The molecule has 4 rings (SSSR count). The van der Waals surface area contributed by atoms with Crippen LogP contribution in [0.3, 0.4) is 0 Å². The third-order valence-electron chi connectivity index (χ3n) is 5.16. The van der Waals surface area contributed by atoms with E-state index >= 15 is 0 Å². The molecule has 1 N–H and O–H groups in total. The molecule has 4 aromatic rings. The Morgan fingerprint density at radius 2 is 1.94 bits per heavy atom. The number of ether oxygens (including phenoxy) is 2. The lowest BCUT2D eigenvalue weighted by Gasteiger charge is -2.11. The average Bonchev–Trinajstić information content (AvgIpc) is 3.12. The minimum atomic E-state index is -0.240. The van der Waals surface area contributed by atoms with Crippen LogP contribution in [-0.4, -0.2) is 34.7 Å². The van der Waals surface area contributed by atoms with Gasteiger partial charge in [0.2, 0.25) is 5.91 Å². The molecule has 1 amide bonds. The lowest BCUT2D eigenvalue weighted by Crippen LogP contribution is -2.16. The molecule has 0 saturated heterocycles. The zero-order valence-corrected chi connectivity index (χ0v) is 19.0. The molecule has 8 heteroatoms. The van der Waals surface area contributed by atoms with Crippen molar-refractivity contribution in [2.45, 2.75) is 20.3 Å². The summed E-state index contributed by atoms with van der Waals surface area (Å²) >= 11 is 6.37. The molecular weight excluding hydrogens is 428 g/mol. The molecule has 0 bridgehead atoms. The Labute approximate surface area is 191 Å². The summed E-state index contributed by atoms with van der Waals surface area (Å²) in [5.41, 5.74) is 4.78. The third kappa shape index (κ3) is 4.24. The molecule has 164 valence electrons. The number of carbonyl (C=O) groups excluding carboxylic acids is 1. The molecule has 0 spiro atoms. The monoisotopic (exact) mass is 450 g/mol. The van der Waals surface area contributed by atoms with E-state index in [-0.39, 0.29) is 12.3 Å². The van der Waals surface area contributed by atoms with Crippen LogP contribution in [0.2, 0.25) is 5.02 Å². The van der Waals surface area contributed by atoms with Crippen LogP contribution in [0.5, 0.6) is 11.5 Å². The van der Waals surface area contributed by atoms with Gasteiger partial charge < -0.3 is 14.8 Å². The van der Waals surface area contributed by atoms with Gasteiger partial charge in [-0.15, -0.1) is 5.10 Å². The number of aryl methyl sites for hydroxylation is 2. The van der Waals surface area contributed by atoms with Gasteiger partial charge in [0, 0.05) is 23.0 Å². The Bertz CT molecular complexity index is 1320. The van der Waals surface area contributed by atoms with Gasteiger partial charge in [0.1, 0.15) is 11.5 Å². The Hall–Kier alpha value is -3.58. The summed E-state index contributed by atoms with van der Waals surface area (Å²) in [6.45, 7) is 3.87. The van der Waals surface area contributed by atoms with Gasteiger partial charge in [-0.25, -0.2) is 9.50 Å². The summed E-state index contributed by atoms with van der Waals surface area (Å²) in [6, 6.07) is 11.1. The molecule has 0 saturated carbocycles. The molecule has 0 aliphatic carbocycles. The summed E-state index contributed by atoms with van der Waals surface area (Å²) in [5, 5.41) is 8.15. The summed E-state index contributed by atoms with van der Waals surface area (Å²) in [6.07, 6.45) is 3.72. The molecule has 2 aromatic carbocycles. The first kappa shape index (κ1) is 21.6. The number of nitrogens with zero attached hydrogens (tertiary/aromatic N) is 3. The number of benzene rings is 2. The van der Waals surface area contributed by atoms with Crippen molar-refractivity contribution in [3.8, 4) is 22.6 Å². The predicted octanol–water partition coefficient (Wildman–Crippen LogP) is 4.86. The Morgan fingerprint density at radius 1 is 1.12 bits per heavy atom. The van der Waals surface area contributed by atoms with Crippen LogP contribution in [0.4, 0.5) is 5.82 Å². The lowest BCUT2D eigenvalue weighted by molar-refractivity contribution is -0.115. The molecule has 2 heterocycles. The largest absolute Gasteiger partial charge is 0.497 e. The highest BCUT2D eigenvalue weighted by molar-refractivity contribution is 6.31. The summed E-state index contributed by atoms with van der Waals surface area (Å²) in [4.78, 5) is 17.5. The SMILES string of the molecule is COc1ccc(OC)c(CC(=O)Nc2nn3cc(C)cnc3c2-c2ccc(C)c(Cl)c2)c1. The second-order valence-electron chi connectivity index (χ2n) is 7.49. The van der Waals surface area contributed by atoms with E-state index in [1.54, 1.807) is 43.1 Å². The standard InChI is InChI=1S/C24H23ClN4O3/c1-14-12-26-24-22(16-6-5-15(2)19(25)10-16)23(28-29(24)13-14)27-21(30)11-17-9-18(31-3)7-8-20(17)32-4/h5-10,12-13H,11H2,1-4H3,(H,27,28,30). The van der Waals surface area contributed by atoms with Crippen LogP contribution < -0.4 is 14.8 Å². The number of nitrogens with one attached hydrogen (secondary N) is 1. The first-order valence-corrected chi connectivity index (χ1v) is 10.4. The van der Waals surface area contributed by atoms with E-state index in [4.69, 9.17) is 21.1 Å². The van der Waals surface area contributed by atoms with Gasteiger partial charge in [-0.1, -0.05) is 23.7 Å². The van der Waals surface area contributed by atoms with Crippen LogP contribution in [0.1, 0.15) is 16.7 Å². The van der Waals surface area contributed by atoms with Crippen LogP contribution in [0, 0.1) is 13.8 Å². The number of aromatic nitrogens is 3. The van der Waals surface area contributed by atoms with E-state index in [1.807, 2.05) is 38.2 Å². The van der Waals surface area contributed by atoms with Gasteiger partial charge in [-0.05, 0) is 54.8 Å². The van der Waals surface area contributed by atoms with Crippen LogP contribution in [0.15, 0.2) is 48.8 Å². The quantitative estimate of drug-likeness (QED) is 0.453. The van der Waals surface area contributed by atoms with E-state index in [0.29, 0.717) is 39.1 Å². The summed E-state index contributed by atoms with van der Waals surface area (Å²) in [7, 11) is 3.15. The van der Waals surface area contributed by atoms with Crippen molar-refractivity contribution in [1.82, 2.24) is 14.6 Å². The third-order valence-corrected chi connectivity index (χ3v) is 5.57. The maximum Gasteiger partial charge on any atom is 0.230 e. The summed E-state index contributed by atoms with van der Waals surface area (Å²) < 4.78 is 12.3. The number of amides is 1. The number of carbonyl (C=O) groups is 1. The van der Waals surface area contributed by atoms with Gasteiger partial charge in [0.05, 0.1) is 26.2 Å². The van der Waals surface area contributed by atoms with E-state index < -0.39 is 0 Å². The Morgan fingerprint density at radius 3 is 2.66 bits per heavy atom. The number of hydrogen-bond donors (Lipinski definition) is 1. The predicted molar refractivity (Wildman–Crippen MR) is 125 cm³/mol. The number of anilines is 1. The van der Waals surface area contributed by atoms with Crippen LogP contribution >= 0.6 is 11.6 Å². The van der Waals surface area contributed by atoms with Crippen molar-refractivity contribution in [1.29, 1.82) is 0 Å². The van der Waals surface area contributed by atoms with Crippen molar-refractivity contribution in [3.05, 3.63) is 70.5 Å². The van der Waals surface area contributed by atoms with E-state index in [0.717, 1.165) is 16.7 Å². The van der Waals surface area contributed by atoms with Crippen molar-refractivity contribution in [2.24, 2.45) is 0 Å². The fourth-order valence-corrected chi connectivity index (χ4v) is 3.68. The van der Waals surface area contributed by atoms with Gasteiger partial charge in [0.25, 0.3) is 0 Å². The zero-order chi connectivity index (χ0) is 22.8. The zero-order valence-electron chi connectivity index (χ0n) is 18.3. The van der Waals surface area contributed by atoms with Crippen LogP contribution in [0.25, 0.3) is 16.8 Å². The molecule has 7 nitrogen and oxygen atoms in total. The second-order valence-corrected chi connectivity index (χ2v) is 7.90. The molecule has 0 fully saturated rings. The maximum atomic E-state index is 13.0. The number of methoxy groups -OCH3 is 2. The molecule has 2 aromatic heterocycles. The van der Waals surface area contributed by atoms with Gasteiger partial charge in [-0.3, -0.25) is 4.79 Å². The highest BCUT2D eigenvalue weighted by atomic mass is 35.5. The van der Waals surface area contributed by atoms with E-state index in [9.17, 15) is 4.79 Å². The average molecular weight is 451 g/mol. The van der Waals surface area contributed by atoms with Gasteiger partial charge in [0.15, 0.2) is 11.5 Å². The molecule has 0 radical (unpaired) electrons. The van der Waals surface area contributed by atoms with Crippen molar-refractivity contribution in [2.75, 3.05) is 19.5 Å². The highest BCUT2D eigenvalue weighted by Crippen LogP contribution is 2.34. The van der Waals surface area contributed by atoms with E-state index in [2.05, 4.69) is 15.4 Å². The second kappa shape index (κ2) is 8.88. The molecule has 0 atom stereocenters. The van der Waals surface area contributed by atoms with Crippen molar-refractivity contribution in [3.63, 3.8) is 0 Å². The fraction of sp³-hybridized carbons (Fsp3) is 0.208. The minimum absolute atomic E-state index is 0.0921. The molecule has 0 aliphatic heterocycles. The minimum Gasteiger partial charge on any atom is -0.497 e. The smallest absolute Gasteiger partial charge is 0.230 e. The fourth-order valence-electron chi connectivity index (χ4n) is 3.50. The number of hydrogen-bond acceptors (Lipinski definition) is 5. The van der Waals surface area contributed by atoms with Crippen molar-refractivity contribution >= 4 is 29.0 Å². The Kier molecular flexibility index (Phi) is 6.01. The Balaban J connectivity index is 1.73. The van der Waals surface area contributed by atoms with Crippen LogP contribution in [-0.2, 0) is 11.2 Å². The van der Waals surface area contributed by atoms with Gasteiger partial charge in [-0.2, -0.15) is 0 Å². The molecular formula is C24H23ClN4O3. The highest BCUT2D eigenvalue weighted by Gasteiger charge is 2.20. The number of rotatable bonds is 6. The molecule has 0 aliphatic rings. The first-order valence-electron chi connectivity index (χ1n) is 10.0. The molecule has 0 unspecified atom stereocenters. The summed E-state index contributed by atoms with van der Waals surface area (Å²) in [5.74, 6) is 1.43. The molecule has 32 heavy (non-hydrogen) atoms. The number of halogens is 1. The van der Waals surface area contributed by atoms with Gasteiger partial charge >= 0.3 is 0 Å². The van der Waals surface area contributed by atoms with E-state index in [1.165, 1.54) is 0 Å². The maximum absolute atomic E-state index is 13.0. The normalized spacial score (nSPS) is 10.9. The topological polar surface area (TPSA) is 77.8 Å².